The number of carbonyl (C=O) groups is 2. The van der Waals surface area contributed by atoms with Crippen LogP contribution in [0.1, 0.15) is 17.3 Å². The Balaban J connectivity index is 2.08. The summed E-state index contributed by atoms with van der Waals surface area (Å²) in [7, 11) is 1.44. The average molecular weight is 301 g/mol. The number of amides is 1. The van der Waals surface area contributed by atoms with Gasteiger partial charge in [-0.25, -0.2) is 0 Å². The number of phenols is 1. The van der Waals surface area contributed by atoms with Gasteiger partial charge >= 0.3 is 5.97 Å². The minimum atomic E-state index is -0.425. The standard InChI is InChI=1S/C16H15NO5/c1-10(18)22-13-6-3-11(4-7-13)16(20)17-12-5-8-15(21-2)14(19)9-12/h3-9,19H,1-2H3,(H,17,20). The van der Waals surface area contributed by atoms with E-state index in [1.54, 1.807) is 12.1 Å². The highest BCUT2D eigenvalue weighted by Gasteiger charge is 2.09. The Hall–Kier alpha value is -3.02. The van der Waals surface area contributed by atoms with Crippen LogP contribution in [0.25, 0.3) is 0 Å². The predicted molar refractivity (Wildman–Crippen MR) is 80.4 cm³/mol. The smallest absolute Gasteiger partial charge is 0.308 e. The second-order valence-electron chi connectivity index (χ2n) is 4.46. The highest BCUT2D eigenvalue weighted by molar-refractivity contribution is 6.04. The third kappa shape index (κ3) is 3.76. The number of hydrogen-bond donors (Lipinski definition) is 2. The fourth-order valence-electron chi connectivity index (χ4n) is 1.81. The molecular formula is C16H15NO5. The van der Waals surface area contributed by atoms with Gasteiger partial charge in [-0.15, -0.1) is 0 Å². The molecule has 2 rings (SSSR count). The van der Waals surface area contributed by atoms with E-state index < -0.39 is 5.97 Å². The molecule has 0 spiro atoms. The maximum absolute atomic E-state index is 12.1. The number of anilines is 1. The van der Waals surface area contributed by atoms with Crippen molar-refractivity contribution in [1.82, 2.24) is 0 Å². The summed E-state index contributed by atoms with van der Waals surface area (Å²) in [6.07, 6.45) is 0. The van der Waals surface area contributed by atoms with E-state index in [0.29, 0.717) is 22.7 Å². The van der Waals surface area contributed by atoms with Crippen molar-refractivity contribution in [2.24, 2.45) is 0 Å². The Morgan fingerprint density at radius 3 is 2.32 bits per heavy atom. The molecule has 6 nitrogen and oxygen atoms in total. The zero-order valence-electron chi connectivity index (χ0n) is 12.1. The lowest BCUT2D eigenvalue weighted by Gasteiger charge is -2.08. The minimum Gasteiger partial charge on any atom is -0.504 e. The molecule has 0 aromatic heterocycles. The van der Waals surface area contributed by atoms with Crippen LogP contribution in [0.2, 0.25) is 0 Å². The summed E-state index contributed by atoms with van der Waals surface area (Å²) in [5.74, 6) is -0.148. The molecule has 0 bridgehead atoms. The van der Waals surface area contributed by atoms with Crippen LogP contribution in [0.15, 0.2) is 42.5 Å². The maximum atomic E-state index is 12.1. The fourth-order valence-corrected chi connectivity index (χ4v) is 1.81. The highest BCUT2D eigenvalue weighted by Crippen LogP contribution is 2.28. The van der Waals surface area contributed by atoms with Gasteiger partial charge in [-0.2, -0.15) is 0 Å². The first-order chi connectivity index (χ1) is 10.5. The summed E-state index contributed by atoms with van der Waals surface area (Å²) in [5, 5.41) is 12.3. The van der Waals surface area contributed by atoms with E-state index in [1.165, 1.54) is 44.4 Å². The normalized spacial score (nSPS) is 9.91. The van der Waals surface area contributed by atoms with E-state index in [2.05, 4.69) is 5.32 Å². The van der Waals surface area contributed by atoms with E-state index in [1.807, 2.05) is 0 Å². The number of methoxy groups -OCH3 is 1. The number of rotatable bonds is 4. The molecule has 2 aromatic rings. The molecule has 114 valence electrons. The predicted octanol–water partition coefficient (Wildman–Crippen LogP) is 2.58. The molecular weight excluding hydrogens is 286 g/mol. The molecule has 1 amide bonds. The number of aromatic hydroxyl groups is 1. The van der Waals surface area contributed by atoms with Gasteiger partial charge in [0.1, 0.15) is 5.75 Å². The van der Waals surface area contributed by atoms with Gasteiger partial charge < -0.3 is 19.9 Å². The van der Waals surface area contributed by atoms with Crippen molar-refractivity contribution in [3.05, 3.63) is 48.0 Å². The molecule has 6 heteroatoms. The number of hydrogen-bond acceptors (Lipinski definition) is 5. The van der Waals surface area contributed by atoms with Gasteiger partial charge in [0.15, 0.2) is 11.5 Å². The summed E-state index contributed by atoms with van der Waals surface area (Å²) >= 11 is 0. The highest BCUT2D eigenvalue weighted by atomic mass is 16.5. The quantitative estimate of drug-likeness (QED) is 0.669. The third-order valence-electron chi connectivity index (χ3n) is 2.81. The van der Waals surface area contributed by atoms with Crippen LogP contribution < -0.4 is 14.8 Å². The molecule has 22 heavy (non-hydrogen) atoms. The summed E-state index contributed by atoms with van der Waals surface area (Å²) < 4.78 is 9.82. The molecule has 0 saturated carbocycles. The van der Waals surface area contributed by atoms with Gasteiger partial charge in [0, 0.05) is 24.2 Å². The van der Waals surface area contributed by atoms with Gasteiger partial charge in [-0.05, 0) is 36.4 Å². The lowest BCUT2D eigenvalue weighted by molar-refractivity contribution is -0.131. The Kier molecular flexibility index (Phi) is 4.63. The second-order valence-corrected chi connectivity index (χ2v) is 4.46. The fraction of sp³-hybridized carbons (Fsp3) is 0.125. The molecule has 2 aromatic carbocycles. The van der Waals surface area contributed by atoms with Gasteiger partial charge in [0.25, 0.3) is 5.91 Å². The summed E-state index contributed by atoms with van der Waals surface area (Å²) in [6, 6.07) is 10.7. The lowest BCUT2D eigenvalue weighted by Crippen LogP contribution is -2.11. The molecule has 0 radical (unpaired) electrons. The van der Waals surface area contributed by atoms with Crippen LogP contribution in [0.5, 0.6) is 17.2 Å². The first kappa shape index (κ1) is 15.4. The number of ether oxygens (including phenoxy) is 2. The molecule has 0 heterocycles. The first-order valence-corrected chi connectivity index (χ1v) is 6.46. The number of carbonyl (C=O) groups excluding carboxylic acids is 2. The molecule has 0 fully saturated rings. The number of benzene rings is 2. The van der Waals surface area contributed by atoms with Crippen LogP contribution in [-0.2, 0) is 4.79 Å². The molecule has 2 N–H and O–H groups in total. The second kappa shape index (κ2) is 6.62. The molecule has 0 aliphatic heterocycles. The average Bonchev–Trinajstić information content (AvgIpc) is 2.47. The van der Waals surface area contributed by atoms with Crippen molar-refractivity contribution < 1.29 is 24.2 Å². The summed E-state index contributed by atoms with van der Waals surface area (Å²) in [6.45, 7) is 1.30. The van der Waals surface area contributed by atoms with Crippen molar-refractivity contribution in [3.63, 3.8) is 0 Å². The Bertz CT molecular complexity index is 694. The third-order valence-corrected chi connectivity index (χ3v) is 2.81. The largest absolute Gasteiger partial charge is 0.504 e. The van der Waals surface area contributed by atoms with Crippen molar-refractivity contribution >= 4 is 17.6 Å². The monoisotopic (exact) mass is 301 g/mol. The molecule has 0 saturated heterocycles. The van der Waals surface area contributed by atoms with E-state index in [4.69, 9.17) is 9.47 Å². The maximum Gasteiger partial charge on any atom is 0.308 e. The Morgan fingerprint density at radius 2 is 1.77 bits per heavy atom. The summed E-state index contributed by atoms with van der Waals surface area (Å²) in [4.78, 5) is 22.9. The van der Waals surface area contributed by atoms with Gasteiger partial charge in [0.05, 0.1) is 7.11 Å². The van der Waals surface area contributed by atoms with E-state index in [9.17, 15) is 14.7 Å². The van der Waals surface area contributed by atoms with E-state index in [-0.39, 0.29) is 11.7 Å². The first-order valence-electron chi connectivity index (χ1n) is 6.46. The number of esters is 1. The van der Waals surface area contributed by atoms with Crippen molar-refractivity contribution in [2.75, 3.05) is 12.4 Å². The van der Waals surface area contributed by atoms with Crippen LogP contribution >= 0.6 is 0 Å². The van der Waals surface area contributed by atoms with Gasteiger partial charge in [0.2, 0.25) is 0 Å². The molecule has 0 aliphatic carbocycles. The van der Waals surface area contributed by atoms with Gasteiger partial charge in [-0.3, -0.25) is 9.59 Å². The van der Waals surface area contributed by atoms with E-state index in [0.717, 1.165) is 0 Å². The van der Waals surface area contributed by atoms with Crippen LogP contribution in [0, 0.1) is 0 Å². The molecule has 0 unspecified atom stereocenters. The van der Waals surface area contributed by atoms with Crippen LogP contribution in [-0.4, -0.2) is 24.1 Å². The van der Waals surface area contributed by atoms with Crippen molar-refractivity contribution in [1.29, 1.82) is 0 Å². The van der Waals surface area contributed by atoms with E-state index >= 15 is 0 Å². The lowest BCUT2D eigenvalue weighted by atomic mass is 10.2. The SMILES string of the molecule is COc1ccc(NC(=O)c2ccc(OC(C)=O)cc2)cc1O. The van der Waals surface area contributed by atoms with Crippen LogP contribution in [0.3, 0.4) is 0 Å². The zero-order valence-corrected chi connectivity index (χ0v) is 12.1. The Morgan fingerprint density at radius 1 is 1.09 bits per heavy atom. The van der Waals surface area contributed by atoms with Crippen LogP contribution in [0.4, 0.5) is 5.69 Å². The molecule has 0 atom stereocenters. The topological polar surface area (TPSA) is 84.9 Å². The zero-order chi connectivity index (χ0) is 16.1. The number of nitrogens with one attached hydrogen (secondary N) is 1. The van der Waals surface area contributed by atoms with Crippen molar-refractivity contribution in [3.8, 4) is 17.2 Å². The molecule has 0 aliphatic rings. The van der Waals surface area contributed by atoms with Gasteiger partial charge in [-0.1, -0.05) is 0 Å². The summed E-state index contributed by atoms with van der Waals surface area (Å²) in [5.41, 5.74) is 0.832. The number of phenolic OH excluding ortho intramolecular Hbond substituents is 1. The minimum absolute atomic E-state index is 0.0643. The van der Waals surface area contributed by atoms with Crippen molar-refractivity contribution in [2.45, 2.75) is 6.92 Å². The Labute approximate surface area is 127 Å².